The summed E-state index contributed by atoms with van der Waals surface area (Å²) in [5.41, 5.74) is 1.25. The number of hydrogen-bond donors (Lipinski definition) is 0. The van der Waals surface area contributed by atoms with E-state index in [1.165, 1.54) is 12.1 Å². The van der Waals surface area contributed by atoms with Crippen molar-refractivity contribution in [2.24, 2.45) is 11.8 Å². The van der Waals surface area contributed by atoms with Gasteiger partial charge in [0.1, 0.15) is 5.82 Å². The molecule has 0 radical (unpaired) electrons. The van der Waals surface area contributed by atoms with Crippen LogP contribution in [-0.4, -0.2) is 33.4 Å². The SMILES string of the molecule is Cc1cnc(C)n1CCC1CCN(C(=O)C(C)C)CC1. The smallest absolute Gasteiger partial charge is 0.225 e. The second-order valence-corrected chi connectivity index (χ2v) is 6.31. The number of aryl methyl sites for hydroxylation is 2. The monoisotopic (exact) mass is 277 g/mol. The zero-order valence-electron chi connectivity index (χ0n) is 13.2. The van der Waals surface area contributed by atoms with Gasteiger partial charge in [-0.25, -0.2) is 4.98 Å². The van der Waals surface area contributed by atoms with Crippen LogP contribution in [-0.2, 0) is 11.3 Å². The van der Waals surface area contributed by atoms with Crippen molar-refractivity contribution in [3.63, 3.8) is 0 Å². The van der Waals surface area contributed by atoms with Crippen LogP contribution in [0.15, 0.2) is 6.20 Å². The van der Waals surface area contributed by atoms with Crippen molar-refractivity contribution in [1.29, 1.82) is 0 Å². The lowest BCUT2D eigenvalue weighted by Crippen LogP contribution is -2.40. The quantitative estimate of drug-likeness (QED) is 0.849. The summed E-state index contributed by atoms with van der Waals surface area (Å²) in [6.45, 7) is 11.1. The molecule has 1 amide bonds. The van der Waals surface area contributed by atoms with Crippen LogP contribution in [0.4, 0.5) is 0 Å². The Hall–Kier alpha value is -1.32. The molecule has 2 heterocycles. The summed E-state index contributed by atoms with van der Waals surface area (Å²) in [6, 6.07) is 0. The molecule has 1 aliphatic heterocycles. The normalized spacial score (nSPS) is 16.9. The maximum atomic E-state index is 12.0. The van der Waals surface area contributed by atoms with E-state index in [1.54, 1.807) is 0 Å². The number of carbonyl (C=O) groups excluding carboxylic acids is 1. The highest BCUT2D eigenvalue weighted by Gasteiger charge is 2.24. The minimum absolute atomic E-state index is 0.128. The Morgan fingerprint density at radius 3 is 2.50 bits per heavy atom. The molecule has 1 saturated heterocycles. The van der Waals surface area contributed by atoms with Crippen LogP contribution >= 0.6 is 0 Å². The van der Waals surface area contributed by atoms with Gasteiger partial charge < -0.3 is 9.47 Å². The number of carbonyl (C=O) groups is 1. The lowest BCUT2D eigenvalue weighted by molar-refractivity contribution is -0.135. The fraction of sp³-hybridized carbons (Fsp3) is 0.750. The third-order valence-corrected chi connectivity index (χ3v) is 4.44. The lowest BCUT2D eigenvalue weighted by atomic mass is 9.93. The van der Waals surface area contributed by atoms with Crippen molar-refractivity contribution in [1.82, 2.24) is 14.5 Å². The highest BCUT2D eigenvalue weighted by molar-refractivity contribution is 5.78. The van der Waals surface area contributed by atoms with E-state index in [4.69, 9.17) is 0 Å². The minimum atomic E-state index is 0.128. The number of rotatable bonds is 4. The summed E-state index contributed by atoms with van der Waals surface area (Å²) in [7, 11) is 0. The Bertz CT molecular complexity index is 437. The van der Waals surface area contributed by atoms with Gasteiger partial charge in [-0.1, -0.05) is 13.8 Å². The minimum Gasteiger partial charge on any atom is -0.342 e. The van der Waals surface area contributed by atoms with E-state index in [-0.39, 0.29) is 5.92 Å². The molecule has 0 atom stereocenters. The van der Waals surface area contributed by atoms with E-state index >= 15 is 0 Å². The van der Waals surface area contributed by atoms with Crippen LogP contribution in [0.3, 0.4) is 0 Å². The molecule has 0 unspecified atom stereocenters. The van der Waals surface area contributed by atoms with E-state index < -0.39 is 0 Å². The van der Waals surface area contributed by atoms with Crippen molar-refractivity contribution < 1.29 is 4.79 Å². The number of nitrogens with zero attached hydrogens (tertiary/aromatic N) is 3. The van der Waals surface area contributed by atoms with Crippen LogP contribution in [0.25, 0.3) is 0 Å². The zero-order valence-corrected chi connectivity index (χ0v) is 13.2. The molecule has 0 N–H and O–H groups in total. The Morgan fingerprint density at radius 2 is 2.00 bits per heavy atom. The molecule has 0 saturated carbocycles. The maximum absolute atomic E-state index is 12.0. The number of piperidine rings is 1. The molecule has 112 valence electrons. The molecular weight excluding hydrogens is 250 g/mol. The average molecular weight is 277 g/mol. The van der Waals surface area contributed by atoms with Gasteiger partial charge >= 0.3 is 0 Å². The Labute approximate surface area is 122 Å². The van der Waals surface area contributed by atoms with Crippen LogP contribution in [0.1, 0.15) is 44.6 Å². The third-order valence-electron chi connectivity index (χ3n) is 4.44. The highest BCUT2D eigenvalue weighted by Crippen LogP contribution is 2.22. The number of amides is 1. The van der Waals surface area contributed by atoms with Crippen LogP contribution in [0.5, 0.6) is 0 Å². The molecule has 1 aromatic heterocycles. The first-order chi connectivity index (χ1) is 9.49. The molecular formula is C16H27N3O. The topological polar surface area (TPSA) is 38.1 Å². The van der Waals surface area contributed by atoms with E-state index in [2.05, 4.69) is 23.4 Å². The number of imidazole rings is 1. The maximum Gasteiger partial charge on any atom is 0.225 e. The summed E-state index contributed by atoms with van der Waals surface area (Å²) in [5.74, 6) is 2.29. The summed E-state index contributed by atoms with van der Waals surface area (Å²) >= 11 is 0. The second-order valence-electron chi connectivity index (χ2n) is 6.31. The second kappa shape index (κ2) is 6.42. The van der Waals surface area contributed by atoms with E-state index in [0.717, 1.165) is 44.2 Å². The first-order valence-electron chi connectivity index (χ1n) is 7.76. The first-order valence-corrected chi connectivity index (χ1v) is 7.76. The summed E-state index contributed by atoms with van der Waals surface area (Å²) in [5, 5.41) is 0. The van der Waals surface area contributed by atoms with Gasteiger partial charge in [-0.15, -0.1) is 0 Å². The highest BCUT2D eigenvalue weighted by atomic mass is 16.2. The molecule has 0 spiro atoms. The number of likely N-dealkylation sites (tertiary alicyclic amines) is 1. The van der Waals surface area contributed by atoms with Crippen molar-refractivity contribution in [2.45, 2.75) is 53.5 Å². The molecule has 1 aromatic rings. The van der Waals surface area contributed by atoms with Crippen molar-refractivity contribution in [3.05, 3.63) is 17.7 Å². The Balaban J connectivity index is 1.79. The van der Waals surface area contributed by atoms with Gasteiger partial charge in [0.25, 0.3) is 0 Å². The van der Waals surface area contributed by atoms with Crippen molar-refractivity contribution >= 4 is 5.91 Å². The summed E-state index contributed by atoms with van der Waals surface area (Å²) < 4.78 is 2.30. The molecule has 1 aliphatic rings. The molecule has 2 rings (SSSR count). The number of hydrogen-bond acceptors (Lipinski definition) is 2. The Kier molecular flexibility index (Phi) is 4.84. The van der Waals surface area contributed by atoms with E-state index in [0.29, 0.717) is 5.91 Å². The molecule has 1 fully saturated rings. The van der Waals surface area contributed by atoms with Gasteiger partial charge in [0.05, 0.1) is 0 Å². The molecule has 0 bridgehead atoms. The standard InChI is InChI=1S/C16H27N3O/c1-12(2)16(20)18-8-5-15(6-9-18)7-10-19-13(3)11-17-14(19)4/h11-12,15H,5-10H2,1-4H3. The summed E-state index contributed by atoms with van der Waals surface area (Å²) in [6.07, 6.45) is 5.43. The Morgan fingerprint density at radius 1 is 1.35 bits per heavy atom. The molecule has 0 aromatic carbocycles. The number of aromatic nitrogens is 2. The van der Waals surface area contributed by atoms with Crippen LogP contribution in [0.2, 0.25) is 0 Å². The molecule has 0 aliphatic carbocycles. The van der Waals surface area contributed by atoms with Gasteiger partial charge in [0, 0.05) is 37.4 Å². The van der Waals surface area contributed by atoms with E-state index in [1.807, 2.05) is 24.9 Å². The third kappa shape index (κ3) is 3.41. The first kappa shape index (κ1) is 15.1. The molecule has 4 heteroatoms. The van der Waals surface area contributed by atoms with Crippen LogP contribution in [0, 0.1) is 25.7 Å². The molecule has 4 nitrogen and oxygen atoms in total. The zero-order chi connectivity index (χ0) is 14.7. The van der Waals surface area contributed by atoms with Gasteiger partial charge in [0.2, 0.25) is 5.91 Å². The van der Waals surface area contributed by atoms with Gasteiger partial charge in [-0.05, 0) is 39.0 Å². The fourth-order valence-electron chi connectivity index (χ4n) is 3.04. The summed E-state index contributed by atoms with van der Waals surface area (Å²) in [4.78, 5) is 18.3. The largest absolute Gasteiger partial charge is 0.342 e. The predicted octanol–water partition coefficient (Wildman–Crippen LogP) is 2.78. The lowest BCUT2D eigenvalue weighted by Gasteiger charge is -2.33. The van der Waals surface area contributed by atoms with Crippen molar-refractivity contribution in [3.8, 4) is 0 Å². The average Bonchev–Trinajstić information content (AvgIpc) is 2.75. The van der Waals surface area contributed by atoms with E-state index in [9.17, 15) is 4.79 Å². The fourth-order valence-corrected chi connectivity index (χ4v) is 3.04. The van der Waals surface area contributed by atoms with Crippen LogP contribution < -0.4 is 0 Å². The van der Waals surface area contributed by atoms with Gasteiger partial charge in [0.15, 0.2) is 0 Å². The van der Waals surface area contributed by atoms with Gasteiger partial charge in [-0.3, -0.25) is 4.79 Å². The van der Waals surface area contributed by atoms with Crippen molar-refractivity contribution in [2.75, 3.05) is 13.1 Å². The van der Waals surface area contributed by atoms with Gasteiger partial charge in [-0.2, -0.15) is 0 Å². The molecule has 20 heavy (non-hydrogen) atoms. The predicted molar refractivity (Wildman–Crippen MR) is 80.5 cm³/mol.